The molecule has 1 aromatic rings. The second-order valence-electron chi connectivity index (χ2n) is 3.71. The van der Waals surface area contributed by atoms with Crippen LogP contribution in [0.4, 0.5) is 5.69 Å². The molecule has 0 amide bonds. The second-order valence-corrected chi connectivity index (χ2v) is 4.28. The van der Waals surface area contributed by atoms with E-state index in [2.05, 4.69) is 20.8 Å². The molecule has 0 aliphatic heterocycles. The molecule has 0 bridgehead atoms. The average molecular weight is 264 g/mol. The molecule has 0 saturated heterocycles. The summed E-state index contributed by atoms with van der Waals surface area (Å²) in [7, 11) is 0. The molecular weight excluding hydrogens is 254 g/mol. The number of Topliss-reactive ketones (excluding diaryl/α,β-unsaturated/α-hetero) is 1. The van der Waals surface area contributed by atoms with Gasteiger partial charge in [-0.3, -0.25) is 4.79 Å². The Hall–Kier alpha value is -1.14. The van der Waals surface area contributed by atoms with E-state index in [0.29, 0.717) is 16.9 Å². The zero-order valence-electron chi connectivity index (χ0n) is 8.16. The predicted molar refractivity (Wildman–Crippen MR) is 62.8 cm³/mol. The van der Waals surface area contributed by atoms with E-state index >= 15 is 0 Å². The number of rotatable bonds is 3. The van der Waals surface area contributed by atoms with Gasteiger partial charge in [0.1, 0.15) is 0 Å². The Kier molecular flexibility index (Phi) is 2.88. The van der Waals surface area contributed by atoms with Crippen molar-refractivity contribution in [1.82, 2.24) is 0 Å². The molecular formula is C12H10BrNO. The molecule has 1 saturated carbocycles. The van der Waals surface area contributed by atoms with Crippen molar-refractivity contribution in [2.75, 3.05) is 5.33 Å². The summed E-state index contributed by atoms with van der Waals surface area (Å²) in [4.78, 5) is 15.0. The standard InChI is InChI=1S/C12H10BrNO/c1-14-9-4-5-10(8-2-3-8)11(6-9)12(15)7-13/h4-6,8H,2-3,7H2. The van der Waals surface area contributed by atoms with E-state index in [1.54, 1.807) is 12.1 Å². The second kappa shape index (κ2) is 4.16. The van der Waals surface area contributed by atoms with Crippen molar-refractivity contribution in [3.8, 4) is 0 Å². The van der Waals surface area contributed by atoms with Crippen molar-refractivity contribution >= 4 is 27.4 Å². The van der Waals surface area contributed by atoms with E-state index in [1.807, 2.05) is 6.07 Å². The van der Waals surface area contributed by atoms with E-state index < -0.39 is 0 Å². The molecule has 0 atom stereocenters. The summed E-state index contributed by atoms with van der Waals surface area (Å²) >= 11 is 3.17. The van der Waals surface area contributed by atoms with Crippen molar-refractivity contribution in [3.05, 3.63) is 40.7 Å². The van der Waals surface area contributed by atoms with Gasteiger partial charge in [-0.1, -0.05) is 28.1 Å². The van der Waals surface area contributed by atoms with Crippen LogP contribution in [-0.2, 0) is 0 Å². The van der Waals surface area contributed by atoms with Crippen LogP contribution in [0.3, 0.4) is 0 Å². The van der Waals surface area contributed by atoms with E-state index in [4.69, 9.17) is 6.57 Å². The Labute approximate surface area is 97.2 Å². The van der Waals surface area contributed by atoms with Gasteiger partial charge in [-0.15, -0.1) is 0 Å². The maximum absolute atomic E-state index is 11.7. The Bertz CT molecular complexity index is 443. The SMILES string of the molecule is [C-]#[N+]c1ccc(C2CC2)c(C(=O)CBr)c1. The number of carbonyl (C=O) groups is 1. The molecule has 0 N–H and O–H groups in total. The van der Waals surface area contributed by atoms with Crippen LogP contribution in [-0.4, -0.2) is 11.1 Å². The molecule has 3 heteroatoms. The van der Waals surface area contributed by atoms with Gasteiger partial charge in [0.25, 0.3) is 0 Å². The highest BCUT2D eigenvalue weighted by Crippen LogP contribution is 2.42. The highest BCUT2D eigenvalue weighted by atomic mass is 79.9. The number of benzene rings is 1. The first kappa shape index (κ1) is 10.4. The summed E-state index contributed by atoms with van der Waals surface area (Å²) < 4.78 is 0. The molecule has 1 aliphatic rings. The molecule has 1 aromatic carbocycles. The molecule has 0 unspecified atom stereocenters. The van der Waals surface area contributed by atoms with Crippen LogP contribution >= 0.6 is 15.9 Å². The fourth-order valence-corrected chi connectivity index (χ4v) is 1.98. The summed E-state index contributed by atoms with van der Waals surface area (Å²) in [5, 5.41) is 0.328. The first-order valence-electron chi connectivity index (χ1n) is 4.87. The zero-order chi connectivity index (χ0) is 10.8. The van der Waals surface area contributed by atoms with E-state index in [9.17, 15) is 4.79 Å². The maximum Gasteiger partial charge on any atom is 0.187 e. The number of alkyl halides is 1. The Morgan fingerprint density at radius 1 is 1.53 bits per heavy atom. The van der Waals surface area contributed by atoms with Crippen molar-refractivity contribution in [1.29, 1.82) is 0 Å². The molecule has 1 aliphatic carbocycles. The number of hydrogen-bond donors (Lipinski definition) is 0. The monoisotopic (exact) mass is 263 g/mol. The van der Waals surface area contributed by atoms with Crippen molar-refractivity contribution in [3.63, 3.8) is 0 Å². The van der Waals surface area contributed by atoms with E-state index in [0.717, 1.165) is 11.1 Å². The van der Waals surface area contributed by atoms with E-state index in [1.165, 1.54) is 12.8 Å². The first-order valence-corrected chi connectivity index (χ1v) is 5.99. The smallest absolute Gasteiger partial charge is 0.187 e. The molecule has 0 heterocycles. The van der Waals surface area contributed by atoms with Gasteiger partial charge in [-0.25, -0.2) is 4.85 Å². The van der Waals surface area contributed by atoms with Crippen molar-refractivity contribution in [2.45, 2.75) is 18.8 Å². The number of halogens is 1. The molecule has 2 nitrogen and oxygen atoms in total. The van der Waals surface area contributed by atoms with Crippen LogP contribution in [0, 0.1) is 6.57 Å². The lowest BCUT2D eigenvalue weighted by Crippen LogP contribution is -2.03. The predicted octanol–water partition coefficient (Wildman–Crippen LogP) is 3.69. The molecule has 76 valence electrons. The summed E-state index contributed by atoms with van der Waals surface area (Å²) in [6.45, 7) is 6.93. The van der Waals surface area contributed by atoms with Gasteiger partial charge in [-0.2, -0.15) is 0 Å². The minimum Gasteiger partial charge on any atom is -0.293 e. The largest absolute Gasteiger partial charge is 0.293 e. The van der Waals surface area contributed by atoms with Crippen LogP contribution < -0.4 is 0 Å². The Morgan fingerprint density at radius 3 is 2.80 bits per heavy atom. The number of ketones is 1. The lowest BCUT2D eigenvalue weighted by atomic mass is 10.00. The normalized spacial score (nSPS) is 14.7. The average Bonchev–Trinajstić information content (AvgIpc) is 3.11. The number of carbonyl (C=O) groups excluding carboxylic acids is 1. The summed E-state index contributed by atoms with van der Waals surface area (Å²) in [6.07, 6.45) is 2.33. The molecule has 0 aromatic heterocycles. The third kappa shape index (κ3) is 2.10. The molecule has 0 spiro atoms. The molecule has 1 fully saturated rings. The first-order chi connectivity index (χ1) is 7.26. The van der Waals surface area contributed by atoms with E-state index in [-0.39, 0.29) is 5.78 Å². The van der Waals surface area contributed by atoms with Crippen LogP contribution in [0.15, 0.2) is 18.2 Å². The van der Waals surface area contributed by atoms with Crippen molar-refractivity contribution < 1.29 is 4.79 Å². The third-order valence-corrected chi connectivity index (χ3v) is 3.11. The fourth-order valence-electron chi connectivity index (χ4n) is 1.68. The number of hydrogen-bond acceptors (Lipinski definition) is 1. The van der Waals surface area contributed by atoms with Gasteiger partial charge < -0.3 is 0 Å². The fraction of sp³-hybridized carbons (Fsp3) is 0.333. The van der Waals surface area contributed by atoms with Gasteiger partial charge in [0.05, 0.1) is 11.9 Å². The van der Waals surface area contributed by atoms with Gasteiger partial charge in [0, 0.05) is 5.56 Å². The lowest BCUT2D eigenvalue weighted by molar-refractivity contribution is 0.102. The van der Waals surface area contributed by atoms with Gasteiger partial charge in [-0.05, 0) is 30.4 Å². The minimum atomic E-state index is 0.0717. The Balaban J connectivity index is 2.46. The van der Waals surface area contributed by atoms with Crippen LogP contribution in [0.1, 0.15) is 34.7 Å². The van der Waals surface area contributed by atoms with Crippen LogP contribution in [0.5, 0.6) is 0 Å². The third-order valence-electron chi connectivity index (χ3n) is 2.60. The van der Waals surface area contributed by atoms with Crippen molar-refractivity contribution in [2.24, 2.45) is 0 Å². The Morgan fingerprint density at radius 2 is 2.27 bits per heavy atom. The van der Waals surface area contributed by atoms with Gasteiger partial charge in [0.2, 0.25) is 0 Å². The van der Waals surface area contributed by atoms with Gasteiger partial charge >= 0.3 is 0 Å². The van der Waals surface area contributed by atoms with Crippen LogP contribution in [0.2, 0.25) is 0 Å². The van der Waals surface area contributed by atoms with Crippen LogP contribution in [0.25, 0.3) is 4.85 Å². The maximum atomic E-state index is 11.7. The minimum absolute atomic E-state index is 0.0717. The molecule has 0 radical (unpaired) electrons. The lowest BCUT2D eigenvalue weighted by Gasteiger charge is -2.06. The quantitative estimate of drug-likeness (QED) is 0.463. The molecule has 15 heavy (non-hydrogen) atoms. The van der Waals surface area contributed by atoms with Gasteiger partial charge in [0.15, 0.2) is 11.5 Å². The zero-order valence-corrected chi connectivity index (χ0v) is 9.75. The summed E-state index contributed by atoms with van der Waals surface area (Å²) in [5.74, 6) is 0.616. The summed E-state index contributed by atoms with van der Waals surface area (Å²) in [6, 6.07) is 5.44. The number of nitrogens with zero attached hydrogens (tertiary/aromatic N) is 1. The highest BCUT2D eigenvalue weighted by molar-refractivity contribution is 9.09. The summed E-state index contributed by atoms with van der Waals surface area (Å²) in [5.41, 5.74) is 2.39. The topological polar surface area (TPSA) is 21.4 Å². The molecule has 2 rings (SSSR count). The highest BCUT2D eigenvalue weighted by Gasteiger charge is 2.27.